The molecule has 2 aliphatic heterocycles. The van der Waals surface area contributed by atoms with Crippen LogP contribution in [0.15, 0.2) is 83.8 Å². The fourth-order valence-corrected chi connectivity index (χ4v) is 7.36. The van der Waals surface area contributed by atoms with E-state index in [0.717, 1.165) is 16.7 Å². The van der Waals surface area contributed by atoms with Gasteiger partial charge in [0.25, 0.3) is 15.9 Å². The molecule has 3 heterocycles. The van der Waals surface area contributed by atoms with E-state index in [4.69, 9.17) is 4.74 Å². The minimum absolute atomic E-state index is 0.0337. The van der Waals surface area contributed by atoms with Gasteiger partial charge in [0.2, 0.25) is 11.8 Å². The number of hydrogen-bond acceptors (Lipinski definition) is 7. The van der Waals surface area contributed by atoms with E-state index in [1.54, 1.807) is 18.2 Å². The van der Waals surface area contributed by atoms with Crippen molar-refractivity contribution in [2.45, 2.75) is 57.7 Å². The second kappa shape index (κ2) is 12.6. The van der Waals surface area contributed by atoms with Crippen molar-refractivity contribution in [2.75, 3.05) is 24.4 Å². The molecule has 1 aromatic heterocycles. The third-order valence-corrected chi connectivity index (χ3v) is 9.80. The molecule has 1 fully saturated rings. The van der Waals surface area contributed by atoms with Crippen LogP contribution < -0.4 is 9.46 Å². The Hall–Kier alpha value is -4.28. The van der Waals surface area contributed by atoms with Crippen molar-refractivity contribution in [1.82, 2.24) is 19.8 Å². The number of carbonyl (C=O) groups excluding carboxylic acids is 1. The lowest BCUT2D eigenvalue weighted by Crippen LogP contribution is -2.50. The second-order valence-corrected chi connectivity index (χ2v) is 14.1. The SMILES string of the molecule is Cc1cccc(C)c1-c1cc2nc(n1)NS(=O)(=O)c1cccc(c1)C(=O)N1CCN(Cc3ccccc3)CC(O2)C1CC(C)C. The van der Waals surface area contributed by atoms with Crippen molar-refractivity contribution in [3.05, 3.63) is 101 Å². The summed E-state index contributed by atoms with van der Waals surface area (Å²) in [4.78, 5) is 27.7. The molecule has 2 atom stereocenters. The van der Waals surface area contributed by atoms with Crippen LogP contribution in [-0.2, 0) is 16.6 Å². The van der Waals surface area contributed by atoms with Crippen LogP contribution in [0.5, 0.6) is 5.88 Å². The highest BCUT2D eigenvalue weighted by atomic mass is 32.2. The molecule has 4 aromatic rings. The number of hydrogen-bond donors (Lipinski definition) is 1. The average molecular weight is 626 g/mol. The fraction of sp³-hybridized carbons (Fsp3) is 0.343. The van der Waals surface area contributed by atoms with Crippen LogP contribution in [0.2, 0.25) is 0 Å². The number of nitrogens with zero attached hydrogens (tertiary/aromatic N) is 4. The van der Waals surface area contributed by atoms with Crippen LogP contribution in [0.1, 0.15) is 47.3 Å². The molecular formula is C35H39N5O4S. The monoisotopic (exact) mass is 625 g/mol. The molecule has 45 heavy (non-hydrogen) atoms. The molecule has 9 nitrogen and oxygen atoms in total. The maximum absolute atomic E-state index is 14.3. The average Bonchev–Trinajstić information content (AvgIpc) is 3.15. The summed E-state index contributed by atoms with van der Waals surface area (Å²) in [7, 11) is -4.12. The Morgan fingerprint density at radius 1 is 0.933 bits per heavy atom. The molecule has 0 saturated carbocycles. The zero-order chi connectivity index (χ0) is 31.7. The van der Waals surface area contributed by atoms with E-state index in [0.29, 0.717) is 43.9 Å². The Balaban J connectivity index is 1.53. The van der Waals surface area contributed by atoms with Gasteiger partial charge >= 0.3 is 0 Å². The summed E-state index contributed by atoms with van der Waals surface area (Å²) in [5.41, 5.74) is 4.92. The summed E-state index contributed by atoms with van der Waals surface area (Å²) in [6, 6.07) is 23.9. The summed E-state index contributed by atoms with van der Waals surface area (Å²) in [6.07, 6.45) is 0.254. The molecule has 1 N–H and O–H groups in total. The molecule has 0 radical (unpaired) electrons. The minimum Gasteiger partial charge on any atom is -0.471 e. The van der Waals surface area contributed by atoms with Crippen molar-refractivity contribution in [1.29, 1.82) is 0 Å². The van der Waals surface area contributed by atoms with Crippen LogP contribution in [0.25, 0.3) is 11.3 Å². The molecule has 10 heteroatoms. The first-order valence-corrected chi connectivity index (χ1v) is 16.9. The summed E-state index contributed by atoms with van der Waals surface area (Å²) in [6.45, 7) is 10.6. The van der Waals surface area contributed by atoms with Gasteiger partial charge in [-0.25, -0.2) is 18.1 Å². The van der Waals surface area contributed by atoms with Crippen molar-refractivity contribution in [3.63, 3.8) is 0 Å². The predicted octanol–water partition coefficient (Wildman–Crippen LogP) is 5.69. The Morgan fingerprint density at radius 2 is 1.67 bits per heavy atom. The Kier molecular flexibility index (Phi) is 8.61. The standard InChI is InChI=1S/C35H39N5O4S/c1-23(2)18-30-31-22-39(21-26-12-6-5-7-13-26)16-17-40(30)34(41)27-14-9-15-28(19-27)45(42,43)38-35-36-29(20-32(37-35)44-31)33-24(3)10-8-11-25(33)4/h5-15,19-20,23,30-31H,16-18,21-22H2,1-4H3,(H,36,37,38). The highest BCUT2D eigenvalue weighted by Crippen LogP contribution is 2.32. The molecule has 6 rings (SSSR count). The molecule has 1 amide bonds. The Bertz CT molecular complexity index is 1790. The van der Waals surface area contributed by atoms with E-state index in [1.807, 2.05) is 55.1 Å². The number of anilines is 1. The number of fused-ring (bicyclic) bond motifs is 6. The molecule has 0 aliphatic carbocycles. The van der Waals surface area contributed by atoms with Crippen LogP contribution in [0.3, 0.4) is 0 Å². The molecule has 2 unspecified atom stereocenters. The smallest absolute Gasteiger partial charge is 0.264 e. The van der Waals surface area contributed by atoms with Gasteiger partial charge < -0.3 is 9.64 Å². The lowest BCUT2D eigenvalue weighted by Gasteiger charge is -2.36. The van der Waals surface area contributed by atoms with Gasteiger partial charge in [0.05, 0.1) is 16.6 Å². The first-order chi connectivity index (χ1) is 21.6. The predicted molar refractivity (Wildman–Crippen MR) is 175 cm³/mol. The molecule has 1 saturated heterocycles. The fourth-order valence-electron chi connectivity index (χ4n) is 6.37. The number of aromatic nitrogens is 2. The van der Waals surface area contributed by atoms with Gasteiger partial charge in [-0.1, -0.05) is 68.4 Å². The summed E-state index contributed by atoms with van der Waals surface area (Å²) >= 11 is 0. The molecule has 3 aromatic carbocycles. The van der Waals surface area contributed by atoms with Crippen molar-refractivity contribution < 1.29 is 17.9 Å². The van der Waals surface area contributed by atoms with Crippen LogP contribution in [0.4, 0.5) is 5.95 Å². The minimum atomic E-state index is -4.12. The van der Waals surface area contributed by atoms with E-state index in [1.165, 1.54) is 17.7 Å². The number of rotatable bonds is 5. The normalized spacial score (nSPS) is 19.8. The summed E-state index contributed by atoms with van der Waals surface area (Å²) in [5, 5.41) is 0. The van der Waals surface area contributed by atoms with Crippen molar-refractivity contribution in [3.8, 4) is 17.1 Å². The van der Waals surface area contributed by atoms with E-state index < -0.39 is 16.1 Å². The number of aryl methyl sites for hydroxylation is 2. The van der Waals surface area contributed by atoms with E-state index in [-0.39, 0.29) is 34.6 Å². The van der Waals surface area contributed by atoms with Gasteiger partial charge in [-0.05, 0) is 61.1 Å². The van der Waals surface area contributed by atoms with Crippen molar-refractivity contribution in [2.24, 2.45) is 5.92 Å². The maximum Gasteiger partial charge on any atom is 0.264 e. The van der Waals surface area contributed by atoms with Crippen molar-refractivity contribution >= 4 is 21.9 Å². The maximum atomic E-state index is 14.3. The third-order valence-electron chi connectivity index (χ3n) is 8.48. The summed E-state index contributed by atoms with van der Waals surface area (Å²) < 4.78 is 36.6. The van der Waals surface area contributed by atoms with E-state index in [2.05, 4.69) is 45.6 Å². The Morgan fingerprint density at radius 3 is 2.40 bits per heavy atom. The highest BCUT2D eigenvalue weighted by Gasteiger charge is 2.38. The van der Waals surface area contributed by atoms with Gasteiger partial charge in [0.15, 0.2) is 0 Å². The van der Waals surface area contributed by atoms with Crippen LogP contribution in [-0.4, -0.2) is 65.9 Å². The van der Waals surface area contributed by atoms with Gasteiger partial charge in [0, 0.05) is 43.4 Å². The number of carbonyl (C=O) groups is 1. The second-order valence-electron chi connectivity index (χ2n) is 12.4. The topological polar surface area (TPSA) is 105 Å². The van der Waals surface area contributed by atoms with Crippen LogP contribution >= 0.6 is 0 Å². The molecule has 0 spiro atoms. The van der Waals surface area contributed by atoms with Gasteiger partial charge in [0.1, 0.15) is 6.10 Å². The van der Waals surface area contributed by atoms with E-state index in [9.17, 15) is 13.2 Å². The molecule has 234 valence electrons. The lowest BCUT2D eigenvalue weighted by atomic mass is 9.96. The number of sulfonamides is 1. The zero-order valence-electron chi connectivity index (χ0n) is 26.1. The largest absolute Gasteiger partial charge is 0.471 e. The number of ether oxygens (including phenoxy) is 1. The molecule has 2 aliphatic rings. The highest BCUT2D eigenvalue weighted by molar-refractivity contribution is 7.92. The third kappa shape index (κ3) is 6.72. The van der Waals surface area contributed by atoms with Gasteiger partial charge in [-0.2, -0.15) is 4.98 Å². The lowest BCUT2D eigenvalue weighted by molar-refractivity contribution is 0.0418. The van der Waals surface area contributed by atoms with Crippen LogP contribution in [0, 0.1) is 19.8 Å². The Labute approximate surface area is 265 Å². The quantitative estimate of drug-likeness (QED) is 0.304. The number of amides is 1. The van der Waals surface area contributed by atoms with E-state index >= 15 is 0 Å². The first-order valence-electron chi connectivity index (χ1n) is 15.4. The zero-order valence-corrected chi connectivity index (χ0v) is 26.9. The molecular weight excluding hydrogens is 586 g/mol. The number of nitrogens with one attached hydrogen (secondary N) is 1. The molecule has 6 bridgehead atoms. The number of benzene rings is 3. The summed E-state index contributed by atoms with van der Waals surface area (Å²) in [5.74, 6) is 0.209. The van der Waals surface area contributed by atoms with Gasteiger partial charge in [-0.15, -0.1) is 0 Å². The first kappa shape index (κ1) is 30.7. The van der Waals surface area contributed by atoms with Gasteiger partial charge in [-0.3, -0.25) is 9.69 Å².